The number of nitrogens with two attached hydrogens (primary N) is 1. The summed E-state index contributed by atoms with van der Waals surface area (Å²) < 4.78 is 4.99. The van der Waals surface area contributed by atoms with Gasteiger partial charge in [-0.2, -0.15) is 0 Å². The topological polar surface area (TPSA) is 58.8 Å². The smallest absolute Gasteiger partial charge is 0.325 e. The van der Waals surface area contributed by atoms with Crippen LogP contribution in [0.2, 0.25) is 0 Å². The van der Waals surface area contributed by atoms with Crippen LogP contribution in [0.25, 0.3) is 0 Å². The van der Waals surface area contributed by atoms with E-state index in [1.54, 1.807) is 13.8 Å². The fourth-order valence-electron chi connectivity index (χ4n) is 2.30. The van der Waals surface area contributed by atoms with Crippen molar-refractivity contribution in [2.75, 3.05) is 46.4 Å². The van der Waals surface area contributed by atoms with Gasteiger partial charge in [-0.15, -0.1) is 0 Å². The van der Waals surface area contributed by atoms with E-state index in [1.165, 1.54) is 0 Å². The number of carbonyl (C=O) groups is 1. The van der Waals surface area contributed by atoms with Gasteiger partial charge in [-0.1, -0.05) is 0 Å². The highest BCUT2D eigenvalue weighted by Gasteiger charge is 2.29. The van der Waals surface area contributed by atoms with Crippen molar-refractivity contribution in [3.8, 4) is 0 Å². The Labute approximate surface area is 117 Å². The summed E-state index contributed by atoms with van der Waals surface area (Å²) in [5, 5.41) is 0. The van der Waals surface area contributed by atoms with Gasteiger partial charge in [-0.3, -0.25) is 4.79 Å². The van der Waals surface area contributed by atoms with E-state index >= 15 is 0 Å². The second-order valence-corrected chi connectivity index (χ2v) is 5.74. The van der Waals surface area contributed by atoms with Crippen LogP contribution < -0.4 is 5.73 Å². The first-order chi connectivity index (χ1) is 8.95. The van der Waals surface area contributed by atoms with Gasteiger partial charge in [0.25, 0.3) is 0 Å². The summed E-state index contributed by atoms with van der Waals surface area (Å²) in [7, 11) is 2.16. The van der Waals surface area contributed by atoms with Crippen LogP contribution in [-0.2, 0) is 9.53 Å². The quantitative estimate of drug-likeness (QED) is 0.545. The maximum atomic E-state index is 11.6. The minimum Gasteiger partial charge on any atom is -0.465 e. The van der Waals surface area contributed by atoms with E-state index in [0.717, 1.165) is 45.6 Å². The molecule has 19 heavy (non-hydrogen) atoms. The van der Waals surface area contributed by atoms with E-state index in [0.29, 0.717) is 13.0 Å². The summed E-state index contributed by atoms with van der Waals surface area (Å²) in [6.45, 7) is 9.67. The zero-order chi connectivity index (χ0) is 14.3. The molecule has 0 aromatic carbocycles. The lowest BCUT2D eigenvalue weighted by molar-refractivity contribution is -0.149. The Morgan fingerprint density at radius 3 is 2.47 bits per heavy atom. The van der Waals surface area contributed by atoms with Crippen molar-refractivity contribution in [1.29, 1.82) is 0 Å². The molecule has 0 saturated carbocycles. The maximum absolute atomic E-state index is 11.6. The number of likely N-dealkylation sites (N-methyl/N-ethyl adjacent to an activating group) is 1. The number of esters is 1. The summed E-state index contributed by atoms with van der Waals surface area (Å²) in [5.74, 6) is -0.283. The average molecular weight is 271 g/mol. The Hall–Kier alpha value is -0.650. The zero-order valence-electron chi connectivity index (χ0n) is 12.7. The van der Waals surface area contributed by atoms with Gasteiger partial charge in [-0.05, 0) is 46.7 Å². The number of nitrogens with zero attached hydrogens (tertiary/aromatic N) is 2. The monoisotopic (exact) mass is 271 g/mol. The first-order valence-corrected chi connectivity index (χ1v) is 7.32. The van der Waals surface area contributed by atoms with Crippen LogP contribution >= 0.6 is 0 Å². The lowest BCUT2D eigenvalue weighted by atomic mass is 9.96. The van der Waals surface area contributed by atoms with Gasteiger partial charge in [0.05, 0.1) is 6.61 Å². The van der Waals surface area contributed by atoms with E-state index in [4.69, 9.17) is 10.5 Å². The van der Waals surface area contributed by atoms with Gasteiger partial charge in [-0.25, -0.2) is 0 Å². The number of hydrogen-bond donors (Lipinski definition) is 1. The Morgan fingerprint density at radius 2 is 1.89 bits per heavy atom. The molecule has 5 heteroatoms. The molecular weight excluding hydrogens is 242 g/mol. The van der Waals surface area contributed by atoms with Crippen LogP contribution in [-0.4, -0.2) is 67.7 Å². The van der Waals surface area contributed by atoms with E-state index < -0.39 is 5.54 Å². The van der Waals surface area contributed by atoms with Crippen molar-refractivity contribution in [1.82, 2.24) is 9.80 Å². The summed E-state index contributed by atoms with van der Waals surface area (Å²) in [5.41, 5.74) is 5.15. The minimum absolute atomic E-state index is 0.283. The number of rotatable bonds is 7. The summed E-state index contributed by atoms with van der Waals surface area (Å²) in [6.07, 6.45) is 2.76. The molecule has 0 aliphatic carbocycles. The zero-order valence-corrected chi connectivity index (χ0v) is 12.7. The Morgan fingerprint density at radius 1 is 1.26 bits per heavy atom. The van der Waals surface area contributed by atoms with E-state index in [-0.39, 0.29) is 5.97 Å². The highest BCUT2D eigenvalue weighted by Crippen LogP contribution is 2.13. The molecule has 1 atom stereocenters. The highest BCUT2D eigenvalue weighted by molar-refractivity contribution is 5.79. The number of carbonyl (C=O) groups excluding carboxylic acids is 1. The lowest BCUT2D eigenvalue weighted by Crippen LogP contribution is -2.46. The van der Waals surface area contributed by atoms with Crippen molar-refractivity contribution in [3.63, 3.8) is 0 Å². The Kier molecular flexibility index (Phi) is 6.75. The number of hydrogen-bond acceptors (Lipinski definition) is 5. The first-order valence-electron chi connectivity index (χ1n) is 7.32. The molecule has 1 aliphatic heterocycles. The van der Waals surface area contributed by atoms with Crippen LogP contribution in [0.4, 0.5) is 0 Å². The molecule has 0 amide bonds. The molecule has 1 unspecified atom stereocenters. The van der Waals surface area contributed by atoms with Crippen LogP contribution in [0.3, 0.4) is 0 Å². The van der Waals surface area contributed by atoms with Gasteiger partial charge in [0.15, 0.2) is 0 Å². The fraction of sp³-hybridized carbons (Fsp3) is 0.929. The molecule has 1 fully saturated rings. The third-order valence-corrected chi connectivity index (χ3v) is 3.76. The second-order valence-electron chi connectivity index (χ2n) is 5.74. The van der Waals surface area contributed by atoms with Crippen molar-refractivity contribution >= 4 is 5.97 Å². The molecule has 0 aromatic rings. The SMILES string of the molecule is CCOC(=O)C(C)(N)CCCCN1CCN(C)CC1. The normalized spacial score (nSPS) is 21.1. The van der Waals surface area contributed by atoms with Crippen molar-refractivity contribution in [3.05, 3.63) is 0 Å². The maximum Gasteiger partial charge on any atom is 0.325 e. The molecule has 2 N–H and O–H groups in total. The molecule has 0 bridgehead atoms. The predicted octanol–water partition coefficient (Wildman–Crippen LogP) is 0.685. The highest BCUT2D eigenvalue weighted by atomic mass is 16.5. The molecule has 112 valence electrons. The molecule has 0 spiro atoms. The molecule has 1 heterocycles. The molecule has 1 aliphatic rings. The molecule has 0 radical (unpaired) electrons. The lowest BCUT2D eigenvalue weighted by Gasteiger charge is -2.32. The van der Waals surface area contributed by atoms with Crippen LogP contribution in [0, 0.1) is 0 Å². The van der Waals surface area contributed by atoms with Gasteiger partial charge >= 0.3 is 5.97 Å². The predicted molar refractivity (Wildman–Crippen MR) is 77.0 cm³/mol. The van der Waals surface area contributed by atoms with Crippen LogP contribution in [0.5, 0.6) is 0 Å². The summed E-state index contributed by atoms with van der Waals surface area (Å²) in [4.78, 5) is 16.5. The van der Waals surface area contributed by atoms with E-state index in [9.17, 15) is 4.79 Å². The third kappa shape index (κ3) is 5.89. The fourth-order valence-corrected chi connectivity index (χ4v) is 2.30. The summed E-state index contributed by atoms with van der Waals surface area (Å²) >= 11 is 0. The van der Waals surface area contributed by atoms with Crippen molar-refractivity contribution < 1.29 is 9.53 Å². The second kappa shape index (κ2) is 7.82. The molecule has 1 rings (SSSR count). The van der Waals surface area contributed by atoms with Gasteiger partial charge in [0.2, 0.25) is 0 Å². The van der Waals surface area contributed by atoms with Gasteiger partial charge < -0.3 is 20.3 Å². The summed E-state index contributed by atoms with van der Waals surface area (Å²) in [6, 6.07) is 0. The Bertz CT molecular complexity index is 274. The van der Waals surface area contributed by atoms with E-state index in [1.807, 2.05) is 0 Å². The molecule has 1 saturated heterocycles. The molecule has 5 nitrogen and oxygen atoms in total. The largest absolute Gasteiger partial charge is 0.465 e. The first kappa shape index (κ1) is 16.4. The van der Waals surface area contributed by atoms with Crippen molar-refractivity contribution in [2.45, 2.75) is 38.6 Å². The standard InChI is InChI=1S/C14H29N3O2/c1-4-19-13(18)14(2,15)7-5-6-8-17-11-9-16(3)10-12-17/h4-12,15H2,1-3H3. The number of unbranched alkanes of at least 4 members (excludes halogenated alkanes) is 1. The number of piperazine rings is 1. The van der Waals surface area contributed by atoms with E-state index in [2.05, 4.69) is 16.8 Å². The molecule has 0 aromatic heterocycles. The number of ether oxygens (including phenoxy) is 1. The van der Waals surface area contributed by atoms with Gasteiger partial charge in [0.1, 0.15) is 5.54 Å². The Balaban J connectivity index is 2.14. The van der Waals surface area contributed by atoms with Gasteiger partial charge in [0, 0.05) is 26.2 Å². The minimum atomic E-state index is -0.835. The molecular formula is C14H29N3O2. The average Bonchev–Trinajstić information content (AvgIpc) is 2.37. The van der Waals surface area contributed by atoms with Crippen LogP contribution in [0.1, 0.15) is 33.1 Å². The third-order valence-electron chi connectivity index (χ3n) is 3.76. The van der Waals surface area contributed by atoms with Crippen LogP contribution in [0.15, 0.2) is 0 Å². The van der Waals surface area contributed by atoms with Crippen molar-refractivity contribution in [2.24, 2.45) is 5.73 Å².